The number of hydrogen-bond acceptors (Lipinski definition) is 2. The van der Waals surface area contributed by atoms with Crippen LogP contribution in [-0.4, -0.2) is 40.6 Å². The van der Waals surface area contributed by atoms with Gasteiger partial charge in [0.1, 0.15) is 6.54 Å². The van der Waals surface area contributed by atoms with Crippen LogP contribution >= 0.6 is 0 Å². The Morgan fingerprint density at radius 1 is 1.22 bits per heavy atom. The Hall–Kier alpha value is -1.26. The molecule has 0 heterocycles. The third kappa shape index (κ3) is 3.37. The van der Waals surface area contributed by atoms with Gasteiger partial charge < -0.3 is 15.3 Å². The minimum Gasteiger partial charge on any atom is -0.480 e. The van der Waals surface area contributed by atoms with Crippen LogP contribution in [-0.2, 0) is 4.79 Å². The van der Waals surface area contributed by atoms with Crippen LogP contribution in [0.5, 0.6) is 0 Å². The molecule has 0 aromatic carbocycles. The summed E-state index contributed by atoms with van der Waals surface area (Å²) in [7, 11) is 0. The van der Waals surface area contributed by atoms with Crippen molar-refractivity contribution in [2.24, 2.45) is 11.8 Å². The van der Waals surface area contributed by atoms with Crippen molar-refractivity contribution in [1.29, 1.82) is 0 Å². The maximum Gasteiger partial charge on any atom is 0.323 e. The average molecular weight is 254 g/mol. The lowest BCUT2D eigenvalue weighted by Gasteiger charge is -2.28. The second kappa shape index (κ2) is 5.16. The molecule has 2 N–H and O–H groups in total. The van der Waals surface area contributed by atoms with Gasteiger partial charge in [-0.15, -0.1) is 0 Å². The molecule has 2 aliphatic rings. The predicted molar refractivity (Wildman–Crippen MR) is 67.2 cm³/mol. The Bertz CT molecular complexity index is 323. The molecule has 0 bridgehead atoms. The van der Waals surface area contributed by atoms with E-state index in [0.29, 0.717) is 11.8 Å². The molecule has 0 saturated heterocycles. The second-order valence-electron chi connectivity index (χ2n) is 5.77. The number of carbonyl (C=O) groups excluding carboxylic acids is 1. The van der Waals surface area contributed by atoms with Crippen LogP contribution in [0.4, 0.5) is 4.79 Å². The van der Waals surface area contributed by atoms with Crippen molar-refractivity contribution in [1.82, 2.24) is 10.2 Å². The van der Waals surface area contributed by atoms with Crippen LogP contribution in [0, 0.1) is 11.8 Å². The molecule has 102 valence electrons. The van der Waals surface area contributed by atoms with Gasteiger partial charge in [0.2, 0.25) is 0 Å². The number of nitrogens with zero attached hydrogens (tertiary/aromatic N) is 1. The summed E-state index contributed by atoms with van der Waals surface area (Å²) in [5.41, 5.74) is 0. The minimum atomic E-state index is -0.965. The highest BCUT2D eigenvalue weighted by Crippen LogP contribution is 2.44. The van der Waals surface area contributed by atoms with Crippen molar-refractivity contribution in [3.05, 3.63) is 0 Å². The van der Waals surface area contributed by atoms with E-state index in [4.69, 9.17) is 5.11 Å². The van der Waals surface area contributed by atoms with Crippen molar-refractivity contribution >= 4 is 12.0 Å². The molecule has 0 unspecified atom stereocenters. The van der Waals surface area contributed by atoms with Gasteiger partial charge in [-0.3, -0.25) is 4.79 Å². The summed E-state index contributed by atoms with van der Waals surface area (Å²) in [4.78, 5) is 24.3. The highest BCUT2D eigenvalue weighted by molar-refractivity contribution is 5.80. The summed E-state index contributed by atoms with van der Waals surface area (Å²) in [5, 5.41) is 11.9. The van der Waals surface area contributed by atoms with Gasteiger partial charge in [0.25, 0.3) is 0 Å². The molecule has 0 spiro atoms. The molecule has 0 atom stereocenters. The van der Waals surface area contributed by atoms with E-state index in [1.54, 1.807) is 0 Å². The zero-order valence-corrected chi connectivity index (χ0v) is 11.1. The normalized spacial score (nSPS) is 19.1. The Kier molecular flexibility index (Phi) is 3.78. The van der Waals surface area contributed by atoms with Crippen LogP contribution < -0.4 is 5.32 Å². The number of aliphatic carboxylic acids is 1. The van der Waals surface area contributed by atoms with Crippen molar-refractivity contribution in [3.63, 3.8) is 0 Å². The Morgan fingerprint density at radius 2 is 1.72 bits per heavy atom. The van der Waals surface area contributed by atoms with Gasteiger partial charge in [-0.05, 0) is 51.4 Å². The number of carboxylic acids is 1. The first kappa shape index (κ1) is 13.2. The van der Waals surface area contributed by atoms with Crippen molar-refractivity contribution in [3.8, 4) is 0 Å². The summed E-state index contributed by atoms with van der Waals surface area (Å²) in [6.07, 6.45) is 4.79. The summed E-state index contributed by atoms with van der Waals surface area (Å²) in [5.74, 6) is 0.286. The SMILES string of the molecule is CC(C)N(CC(=O)O)C(=O)NC(C1CC1)C1CC1. The largest absolute Gasteiger partial charge is 0.480 e. The van der Waals surface area contributed by atoms with E-state index in [1.165, 1.54) is 30.6 Å². The van der Waals surface area contributed by atoms with Crippen LogP contribution in [0.3, 0.4) is 0 Å². The molecule has 2 fully saturated rings. The van der Waals surface area contributed by atoms with E-state index >= 15 is 0 Å². The number of carbonyl (C=O) groups is 2. The maximum atomic E-state index is 12.1. The Balaban J connectivity index is 1.92. The lowest BCUT2D eigenvalue weighted by atomic mass is 10.1. The van der Waals surface area contributed by atoms with Gasteiger partial charge in [0, 0.05) is 12.1 Å². The highest BCUT2D eigenvalue weighted by Gasteiger charge is 2.42. The van der Waals surface area contributed by atoms with Crippen molar-refractivity contribution < 1.29 is 14.7 Å². The average Bonchev–Trinajstić information content (AvgIpc) is 3.15. The molecule has 18 heavy (non-hydrogen) atoms. The fraction of sp³-hybridized carbons (Fsp3) is 0.846. The van der Waals surface area contributed by atoms with Gasteiger partial charge in [0.15, 0.2) is 0 Å². The van der Waals surface area contributed by atoms with E-state index in [2.05, 4.69) is 5.32 Å². The molecule has 5 heteroatoms. The van der Waals surface area contributed by atoms with Crippen LogP contribution in [0.25, 0.3) is 0 Å². The van der Waals surface area contributed by atoms with Gasteiger partial charge in [-0.25, -0.2) is 4.79 Å². The number of amides is 2. The quantitative estimate of drug-likeness (QED) is 0.757. The Morgan fingerprint density at radius 3 is 2.06 bits per heavy atom. The number of nitrogens with one attached hydrogen (secondary N) is 1. The molecular formula is C13H22N2O3. The molecule has 2 rings (SSSR count). The summed E-state index contributed by atoms with van der Waals surface area (Å²) in [6, 6.07) is -0.0519. The molecule has 2 aliphatic carbocycles. The number of urea groups is 1. The monoisotopic (exact) mass is 254 g/mol. The lowest BCUT2D eigenvalue weighted by molar-refractivity contribution is -0.138. The molecule has 5 nitrogen and oxygen atoms in total. The first-order valence-corrected chi connectivity index (χ1v) is 6.78. The minimum absolute atomic E-state index is 0.0971. The number of carboxylic acid groups (broad SMARTS) is 1. The summed E-state index contributed by atoms with van der Waals surface area (Å²) in [6.45, 7) is 3.45. The van der Waals surface area contributed by atoms with Gasteiger partial charge >= 0.3 is 12.0 Å². The van der Waals surface area contributed by atoms with Crippen LogP contribution in [0.2, 0.25) is 0 Å². The zero-order chi connectivity index (χ0) is 13.3. The standard InChI is InChI=1S/C13H22N2O3/c1-8(2)15(7-11(16)17)13(18)14-12(9-3-4-9)10-5-6-10/h8-10,12H,3-7H2,1-2H3,(H,14,18)(H,16,17). The topological polar surface area (TPSA) is 69.6 Å². The van der Waals surface area contributed by atoms with E-state index in [-0.39, 0.29) is 24.7 Å². The first-order valence-electron chi connectivity index (χ1n) is 6.78. The maximum absolute atomic E-state index is 12.1. The Labute approximate surface area is 108 Å². The molecule has 0 aromatic rings. The van der Waals surface area contributed by atoms with E-state index in [0.717, 1.165) is 0 Å². The highest BCUT2D eigenvalue weighted by atomic mass is 16.4. The smallest absolute Gasteiger partial charge is 0.323 e. The third-order valence-corrected chi connectivity index (χ3v) is 3.74. The second-order valence-corrected chi connectivity index (χ2v) is 5.77. The van der Waals surface area contributed by atoms with Crippen LogP contribution in [0.15, 0.2) is 0 Å². The lowest BCUT2D eigenvalue weighted by Crippen LogP contribution is -2.50. The van der Waals surface area contributed by atoms with Gasteiger partial charge in [-0.2, -0.15) is 0 Å². The van der Waals surface area contributed by atoms with Crippen molar-refractivity contribution in [2.45, 2.75) is 51.6 Å². The molecule has 2 amide bonds. The first-order chi connectivity index (χ1) is 8.49. The third-order valence-electron chi connectivity index (χ3n) is 3.74. The van der Waals surface area contributed by atoms with Crippen molar-refractivity contribution in [2.75, 3.05) is 6.54 Å². The van der Waals surface area contributed by atoms with Crippen LogP contribution in [0.1, 0.15) is 39.5 Å². The molecule has 0 aliphatic heterocycles. The summed E-state index contributed by atoms with van der Waals surface area (Å²) >= 11 is 0. The summed E-state index contributed by atoms with van der Waals surface area (Å²) < 4.78 is 0. The fourth-order valence-electron chi connectivity index (χ4n) is 2.39. The van der Waals surface area contributed by atoms with Gasteiger partial charge in [-0.1, -0.05) is 0 Å². The molecule has 0 radical (unpaired) electrons. The predicted octanol–water partition coefficient (Wildman–Crippen LogP) is 1.68. The number of hydrogen-bond donors (Lipinski definition) is 2. The molecule has 0 aromatic heterocycles. The van der Waals surface area contributed by atoms with E-state index in [1.807, 2.05) is 13.8 Å². The molecular weight excluding hydrogens is 232 g/mol. The van der Waals surface area contributed by atoms with E-state index < -0.39 is 5.97 Å². The number of rotatable bonds is 6. The molecule has 2 saturated carbocycles. The van der Waals surface area contributed by atoms with Gasteiger partial charge in [0.05, 0.1) is 0 Å². The van der Waals surface area contributed by atoms with E-state index in [9.17, 15) is 9.59 Å². The zero-order valence-electron chi connectivity index (χ0n) is 11.1. The fourth-order valence-corrected chi connectivity index (χ4v) is 2.39.